The fourth-order valence-corrected chi connectivity index (χ4v) is 7.89. The molecule has 14 nitrogen and oxygen atoms in total. The largest absolute Gasteiger partial charge is 0.493 e. The number of aromatic nitrogens is 3. The van der Waals surface area contributed by atoms with E-state index in [0.29, 0.717) is 73.2 Å². The lowest BCUT2D eigenvalue weighted by molar-refractivity contribution is -0.136. The molecule has 0 radical (unpaired) electrons. The predicted molar refractivity (Wildman–Crippen MR) is 194 cm³/mol. The van der Waals surface area contributed by atoms with Crippen LogP contribution in [0.4, 0.5) is 5.82 Å². The summed E-state index contributed by atoms with van der Waals surface area (Å²) in [6, 6.07) is 3.90. The van der Waals surface area contributed by atoms with Gasteiger partial charge >= 0.3 is 0 Å². The number of nitrogens with zero attached hydrogens (tertiary/aromatic N) is 6. The second-order valence-electron chi connectivity index (χ2n) is 13.0. The highest BCUT2D eigenvalue weighted by molar-refractivity contribution is 7.15. The standard InChI is InChI=1S/C36H47N7O7S/c1-23-31(43-14-16-51-36(43)38-23)35(46)42-12-7-6-11-40(30(45)10-15-47-2)22-29(44)37-19-24-9-8-13-41(20-24)34-25(21-42)17-26-27(39-34)18-28(48-3)33(50-5)32(26)49-4/h14,16-18,24H,6-13,15,19-22H2,1-5H3,(H,37,44). The number of hydrogen-bond acceptors (Lipinski definition) is 11. The first-order valence-electron chi connectivity index (χ1n) is 17.4. The molecule has 0 spiro atoms. The van der Waals surface area contributed by atoms with Crippen LogP contribution in [0.15, 0.2) is 23.7 Å². The summed E-state index contributed by atoms with van der Waals surface area (Å²) in [5.74, 6) is 1.94. The Morgan fingerprint density at radius 3 is 2.49 bits per heavy atom. The third kappa shape index (κ3) is 7.69. The van der Waals surface area contributed by atoms with Crippen LogP contribution in [0, 0.1) is 12.8 Å². The number of thiazole rings is 1. The molecule has 1 atom stereocenters. The molecule has 0 saturated carbocycles. The lowest BCUT2D eigenvalue weighted by atomic mass is 9.97. The molecule has 0 aliphatic carbocycles. The molecule has 1 unspecified atom stereocenters. The summed E-state index contributed by atoms with van der Waals surface area (Å²) in [4.78, 5) is 57.3. The molecule has 1 aromatic carbocycles. The molecule has 5 heterocycles. The molecule has 6 rings (SSSR count). The van der Waals surface area contributed by atoms with Gasteiger partial charge in [0.15, 0.2) is 16.5 Å². The second kappa shape index (κ2) is 16.1. The van der Waals surface area contributed by atoms with Gasteiger partial charge in [0, 0.05) is 75.0 Å². The van der Waals surface area contributed by atoms with Gasteiger partial charge in [0.25, 0.3) is 5.91 Å². The molecular weight excluding hydrogens is 675 g/mol. The van der Waals surface area contributed by atoms with Gasteiger partial charge in [-0.05, 0) is 44.6 Å². The summed E-state index contributed by atoms with van der Waals surface area (Å²) in [6.45, 7) is 5.12. The summed E-state index contributed by atoms with van der Waals surface area (Å²) in [7, 11) is 6.30. The number of rotatable bonds is 7. The number of fused-ring (bicyclic) bond motifs is 6. The third-order valence-corrected chi connectivity index (χ3v) is 10.4. The molecule has 4 aromatic rings. The van der Waals surface area contributed by atoms with Crippen molar-refractivity contribution < 1.29 is 33.3 Å². The van der Waals surface area contributed by atoms with E-state index in [1.54, 1.807) is 33.3 Å². The van der Waals surface area contributed by atoms with Crippen molar-refractivity contribution in [1.29, 1.82) is 0 Å². The predicted octanol–water partition coefficient (Wildman–Crippen LogP) is 3.91. The van der Waals surface area contributed by atoms with Crippen LogP contribution >= 0.6 is 11.3 Å². The van der Waals surface area contributed by atoms with E-state index < -0.39 is 0 Å². The number of nitrogens with one attached hydrogen (secondary N) is 1. The van der Waals surface area contributed by atoms with Gasteiger partial charge in [0.05, 0.1) is 52.1 Å². The van der Waals surface area contributed by atoms with Crippen molar-refractivity contribution >= 4 is 50.7 Å². The van der Waals surface area contributed by atoms with Crippen LogP contribution in [0.2, 0.25) is 0 Å². The smallest absolute Gasteiger partial charge is 0.273 e. The van der Waals surface area contributed by atoms with E-state index in [1.165, 1.54) is 11.3 Å². The number of anilines is 1. The van der Waals surface area contributed by atoms with E-state index in [9.17, 15) is 14.4 Å². The number of pyridine rings is 1. The average molecular weight is 722 g/mol. The Balaban J connectivity index is 1.45. The van der Waals surface area contributed by atoms with E-state index in [-0.39, 0.29) is 49.8 Å². The number of methoxy groups -OCH3 is 4. The number of aryl methyl sites for hydroxylation is 1. The minimum Gasteiger partial charge on any atom is -0.493 e. The number of imidazole rings is 1. The molecule has 3 amide bonds. The van der Waals surface area contributed by atoms with Gasteiger partial charge < -0.3 is 39.0 Å². The van der Waals surface area contributed by atoms with E-state index in [1.807, 2.05) is 39.9 Å². The van der Waals surface area contributed by atoms with Crippen LogP contribution in [0.5, 0.6) is 17.2 Å². The Hall–Kier alpha value is -4.63. The van der Waals surface area contributed by atoms with Crippen molar-refractivity contribution in [3.63, 3.8) is 0 Å². The van der Waals surface area contributed by atoms with Crippen molar-refractivity contribution in [3.8, 4) is 17.2 Å². The Bertz CT molecular complexity index is 1890. The number of carbonyl (C=O) groups excluding carboxylic acids is 3. The first kappa shape index (κ1) is 36.2. The summed E-state index contributed by atoms with van der Waals surface area (Å²) in [5, 5.41) is 5.75. The van der Waals surface area contributed by atoms with Crippen LogP contribution in [0.3, 0.4) is 0 Å². The van der Waals surface area contributed by atoms with Gasteiger partial charge in [-0.1, -0.05) is 0 Å². The number of benzene rings is 1. The van der Waals surface area contributed by atoms with Gasteiger partial charge in [-0.2, -0.15) is 0 Å². The minimum atomic E-state index is -0.185. The Kier molecular flexibility index (Phi) is 11.5. The van der Waals surface area contributed by atoms with Gasteiger partial charge in [-0.15, -0.1) is 11.3 Å². The van der Waals surface area contributed by atoms with Crippen molar-refractivity contribution in [2.45, 2.75) is 45.6 Å². The van der Waals surface area contributed by atoms with Crippen LogP contribution in [0.1, 0.15) is 53.8 Å². The van der Waals surface area contributed by atoms with Crippen LogP contribution in [-0.2, 0) is 20.9 Å². The zero-order valence-electron chi connectivity index (χ0n) is 30.0. The number of carbonyl (C=O) groups is 3. The van der Waals surface area contributed by atoms with Crippen molar-refractivity contribution in [2.75, 3.05) is 79.2 Å². The SMILES string of the molecule is COCCC(=O)N1CCCCN(C(=O)c2c(C)nc3sccn23)Cc2cc3c(OC)c(OC)c(OC)cc3nc2N2CCCC(CNC(=O)C1)C2. The summed E-state index contributed by atoms with van der Waals surface area (Å²) in [6.07, 6.45) is 5.11. The van der Waals surface area contributed by atoms with Gasteiger partial charge in [-0.3, -0.25) is 18.8 Å². The number of ether oxygens (including phenoxy) is 4. The normalized spacial score (nSPS) is 17.7. The Morgan fingerprint density at radius 1 is 0.961 bits per heavy atom. The maximum atomic E-state index is 14.6. The Labute approximate surface area is 301 Å². The first-order chi connectivity index (χ1) is 24.8. The molecule has 2 aliphatic heterocycles. The fraction of sp³-hybridized carbons (Fsp3) is 0.528. The molecule has 274 valence electrons. The summed E-state index contributed by atoms with van der Waals surface area (Å²) >= 11 is 1.48. The summed E-state index contributed by atoms with van der Waals surface area (Å²) in [5.41, 5.74) is 2.72. The highest BCUT2D eigenvalue weighted by atomic mass is 32.1. The zero-order valence-corrected chi connectivity index (χ0v) is 30.8. The van der Waals surface area contributed by atoms with Gasteiger partial charge in [-0.25, -0.2) is 9.97 Å². The maximum Gasteiger partial charge on any atom is 0.273 e. The topological polar surface area (TPSA) is 140 Å². The minimum absolute atomic E-state index is 0.0176. The van der Waals surface area contributed by atoms with Crippen LogP contribution in [-0.4, -0.2) is 116 Å². The van der Waals surface area contributed by atoms with E-state index in [0.717, 1.165) is 41.1 Å². The molecule has 3 aromatic heterocycles. The quantitative estimate of drug-likeness (QED) is 0.299. The monoisotopic (exact) mass is 721 g/mol. The molecule has 15 heteroatoms. The molecule has 1 N–H and O–H groups in total. The number of amides is 3. The van der Waals surface area contributed by atoms with E-state index >= 15 is 0 Å². The van der Waals surface area contributed by atoms with E-state index in [4.69, 9.17) is 23.9 Å². The van der Waals surface area contributed by atoms with Crippen LogP contribution in [0.25, 0.3) is 15.9 Å². The van der Waals surface area contributed by atoms with Gasteiger partial charge in [0.2, 0.25) is 17.6 Å². The van der Waals surface area contributed by atoms with E-state index in [2.05, 4.69) is 15.2 Å². The molecule has 2 aliphatic rings. The maximum absolute atomic E-state index is 14.6. The molecule has 51 heavy (non-hydrogen) atoms. The Morgan fingerprint density at radius 2 is 1.75 bits per heavy atom. The average Bonchev–Trinajstić information content (AvgIpc) is 3.71. The van der Waals surface area contributed by atoms with Gasteiger partial charge in [0.1, 0.15) is 11.5 Å². The second-order valence-corrected chi connectivity index (χ2v) is 13.9. The lowest BCUT2D eigenvalue weighted by Crippen LogP contribution is -2.46. The van der Waals surface area contributed by atoms with Crippen molar-refractivity contribution in [1.82, 2.24) is 29.5 Å². The number of piperidine rings is 1. The molecular formula is C36H47N7O7S. The van der Waals surface area contributed by atoms with Crippen molar-refractivity contribution in [3.05, 3.63) is 40.7 Å². The highest BCUT2D eigenvalue weighted by Gasteiger charge is 2.30. The molecule has 1 fully saturated rings. The van der Waals surface area contributed by atoms with Crippen LogP contribution < -0.4 is 24.4 Å². The molecule has 1 saturated heterocycles. The zero-order chi connectivity index (χ0) is 36.1. The lowest BCUT2D eigenvalue weighted by Gasteiger charge is -2.36. The first-order valence-corrected chi connectivity index (χ1v) is 18.3. The number of hydrogen-bond donors (Lipinski definition) is 1. The van der Waals surface area contributed by atoms with Crippen molar-refractivity contribution in [2.24, 2.45) is 5.92 Å². The molecule has 2 bridgehead atoms. The third-order valence-electron chi connectivity index (χ3n) is 9.69. The fourth-order valence-electron chi connectivity index (χ4n) is 7.13. The highest BCUT2D eigenvalue weighted by Crippen LogP contribution is 2.44. The summed E-state index contributed by atoms with van der Waals surface area (Å²) < 4.78 is 24.3.